The van der Waals surface area contributed by atoms with Crippen LogP contribution in [0, 0.1) is 0 Å². The number of Topliss-reactive ketones (excluding diaryl/α,β-unsaturated/α-hetero) is 1. The third-order valence-electron chi connectivity index (χ3n) is 2.20. The number of carbonyl (C=O) groups excluding carboxylic acids is 1. The minimum absolute atomic E-state index is 0.356. The van der Waals surface area contributed by atoms with E-state index in [1.165, 1.54) is 0 Å². The Kier molecular flexibility index (Phi) is 3.08. The molecule has 0 aliphatic heterocycles. The second kappa shape index (κ2) is 4.32. The van der Waals surface area contributed by atoms with Crippen LogP contribution in [0.5, 0.6) is 0 Å². The molecule has 2 rings (SSSR count). The molecule has 0 N–H and O–H groups in total. The van der Waals surface area contributed by atoms with Gasteiger partial charge in [-0.3, -0.25) is 4.79 Å². The number of pyridine rings is 1. The van der Waals surface area contributed by atoms with Gasteiger partial charge in [0.25, 0.3) is 0 Å². The molecular weight excluding hydrogens is 218 g/mol. The maximum atomic E-state index is 11.1. The highest BCUT2D eigenvalue weighted by molar-refractivity contribution is 8.00. The summed E-state index contributed by atoms with van der Waals surface area (Å²) in [6.07, 6.45) is 4.06. The summed E-state index contributed by atoms with van der Waals surface area (Å²) >= 11 is 7.59. The second-order valence-corrected chi connectivity index (χ2v) is 5.01. The average molecular weight is 228 g/mol. The van der Waals surface area contributed by atoms with Gasteiger partial charge in [0.15, 0.2) is 0 Å². The number of hydrogen-bond acceptors (Lipinski definition) is 3. The molecule has 0 amide bonds. The molecule has 1 aliphatic carbocycles. The zero-order valence-electron chi connectivity index (χ0n) is 7.57. The molecule has 14 heavy (non-hydrogen) atoms. The van der Waals surface area contributed by atoms with Crippen LogP contribution >= 0.6 is 23.4 Å². The highest BCUT2D eigenvalue weighted by Gasteiger charge is 2.23. The van der Waals surface area contributed by atoms with Crippen molar-refractivity contribution in [3.8, 4) is 0 Å². The van der Waals surface area contributed by atoms with E-state index in [0.717, 1.165) is 11.4 Å². The van der Waals surface area contributed by atoms with E-state index in [2.05, 4.69) is 4.98 Å². The highest BCUT2D eigenvalue weighted by atomic mass is 35.5. The van der Waals surface area contributed by atoms with Crippen molar-refractivity contribution in [1.82, 2.24) is 4.98 Å². The van der Waals surface area contributed by atoms with E-state index in [-0.39, 0.29) is 0 Å². The van der Waals surface area contributed by atoms with Gasteiger partial charge in [0.1, 0.15) is 10.8 Å². The van der Waals surface area contributed by atoms with Gasteiger partial charge in [-0.05, 0) is 18.6 Å². The fourth-order valence-corrected chi connectivity index (χ4v) is 2.87. The highest BCUT2D eigenvalue weighted by Crippen LogP contribution is 2.35. The Hall–Kier alpha value is -0.540. The molecule has 4 heteroatoms. The van der Waals surface area contributed by atoms with E-state index in [1.54, 1.807) is 18.0 Å². The largest absolute Gasteiger partial charge is 0.300 e. The first-order chi connectivity index (χ1) is 6.75. The maximum absolute atomic E-state index is 11.1. The summed E-state index contributed by atoms with van der Waals surface area (Å²) in [5, 5.41) is 1.89. The van der Waals surface area contributed by atoms with Gasteiger partial charge in [-0.2, -0.15) is 0 Å². The van der Waals surface area contributed by atoms with Crippen LogP contribution in [-0.2, 0) is 4.79 Å². The van der Waals surface area contributed by atoms with Gasteiger partial charge < -0.3 is 0 Å². The summed E-state index contributed by atoms with van der Waals surface area (Å²) in [6.45, 7) is 0. The zero-order chi connectivity index (χ0) is 9.97. The van der Waals surface area contributed by atoms with E-state index in [0.29, 0.717) is 28.9 Å². The molecule has 0 bridgehead atoms. The molecule has 74 valence electrons. The molecule has 1 aromatic rings. The van der Waals surface area contributed by atoms with Crippen LogP contribution < -0.4 is 0 Å². The number of hydrogen-bond donors (Lipinski definition) is 0. The Labute approximate surface area is 92.1 Å². The standard InChI is InChI=1S/C10H10ClNOS/c11-9-2-1-5-12-10(9)14-8-4-3-7(13)6-8/h1-2,5,8H,3-4,6H2. The molecule has 1 unspecified atom stereocenters. The molecule has 0 radical (unpaired) electrons. The molecule has 1 aromatic heterocycles. The first kappa shape index (κ1) is 9.99. The molecule has 0 spiro atoms. The van der Waals surface area contributed by atoms with Gasteiger partial charge in [0.2, 0.25) is 0 Å². The van der Waals surface area contributed by atoms with Crippen molar-refractivity contribution in [3.05, 3.63) is 23.4 Å². The van der Waals surface area contributed by atoms with Gasteiger partial charge in [0, 0.05) is 24.3 Å². The Balaban J connectivity index is 2.04. The normalized spacial score (nSPS) is 21.5. The number of halogens is 1. The summed E-state index contributed by atoms with van der Waals surface area (Å²) in [5.41, 5.74) is 0. The van der Waals surface area contributed by atoms with Crippen molar-refractivity contribution in [2.45, 2.75) is 29.5 Å². The van der Waals surface area contributed by atoms with Gasteiger partial charge in [-0.15, -0.1) is 11.8 Å². The lowest BCUT2D eigenvalue weighted by molar-refractivity contribution is -0.117. The molecular formula is C10H10ClNOS. The van der Waals surface area contributed by atoms with Crippen molar-refractivity contribution < 1.29 is 4.79 Å². The first-order valence-corrected chi connectivity index (χ1v) is 5.80. The number of aromatic nitrogens is 1. The summed E-state index contributed by atoms with van der Waals surface area (Å²) < 4.78 is 0. The number of nitrogens with zero attached hydrogens (tertiary/aromatic N) is 1. The number of thioether (sulfide) groups is 1. The Morgan fingerprint density at radius 1 is 1.57 bits per heavy atom. The predicted octanol–water partition coefficient (Wildman–Crippen LogP) is 2.95. The van der Waals surface area contributed by atoms with E-state index < -0.39 is 0 Å². The molecule has 0 aromatic carbocycles. The monoisotopic (exact) mass is 227 g/mol. The topological polar surface area (TPSA) is 30.0 Å². The van der Waals surface area contributed by atoms with Crippen LogP contribution in [0.3, 0.4) is 0 Å². The van der Waals surface area contributed by atoms with E-state index in [4.69, 9.17) is 11.6 Å². The molecule has 1 saturated carbocycles. The smallest absolute Gasteiger partial charge is 0.134 e. The number of rotatable bonds is 2. The fraction of sp³-hybridized carbons (Fsp3) is 0.400. The fourth-order valence-electron chi connectivity index (χ4n) is 1.50. The van der Waals surface area contributed by atoms with Crippen molar-refractivity contribution in [1.29, 1.82) is 0 Å². The summed E-state index contributed by atoms with van der Waals surface area (Å²) in [5.74, 6) is 0.356. The second-order valence-electron chi connectivity index (χ2n) is 3.31. The molecule has 2 nitrogen and oxygen atoms in total. The average Bonchev–Trinajstić information content (AvgIpc) is 2.56. The lowest BCUT2D eigenvalue weighted by Crippen LogP contribution is -1.97. The summed E-state index contributed by atoms with van der Waals surface area (Å²) in [6, 6.07) is 3.64. The van der Waals surface area contributed by atoms with Crippen molar-refractivity contribution in [2.75, 3.05) is 0 Å². The Morgan fingerprint density at radius 2 is 2.43 bits per heavy atom. The van der Waals surface area contributed by atoms with Crippen LogP contribution in [0.2, 0.25) is 5.02 Å². The maximum Gasteiger partial charge on any atom is 0.134 e. The predicted molar refractivity (Wildman–Crippen MR) is 57.8 cm³/mol. The number of ketones is 1. The van der Waals surface area contributed by atoms with Crippen LogP contribution in [0.25, 0.3) is 0 Å². The van der Waals surface area contributed by atoms with Gasteiger partial charge in [-0.1, -0.05) is 11.6 Å². The summed E-state index contributed by atoms with van der Waals surface area (Å²) in [4.78, 5) is 15.2. The SMILES string of the molecule is O=C1CCC(Sc2ncccc2Cl)C1. The van der Waals surface area contributed by atoms with Gasteiger partial charge in [0.05, 0.1) is 5.02 Å². The summed E-state index contributed by atoms with van der Waals surface area (Å²) in [7, 11) is 0. The third kappa shape index (κ3) is 2.28. The molecule has 1 atom stereocenters. The van der Waals surface area contributed by atoms with Crippen molar-refractivity contribution in [3.63, 3.8) is 0 Å². The van der Waals surface area contributed by atoms with E-state index in [9.17, 15) is 4.79 Å². The first-order valence-electron chi connectivity index (χ1n) is 4.54. The third-order valence-corrected chi connectivity index (χ3v) is 3.90. The van der Waals surface area contributed by atoms with Crippen molar-refractivity contribution in [2.24, 2.45) is 0 Å². The van der Waals surface area contributed by atoms with Gasteiger partial charge >= 0.3 is 0 Å². The minimum Gasteiger partial charge on any atom is -0.300 e. The van der Waals surface area contributed by atoms with E-state index in [1.807, 2.05) is 12.1 Å². The number of carbonyl (C=O) groups is 1. The quantitative estimate of drug-likeness (QED) is 0.778. The molecule has 1 fully saturated rings. The lowest BCUT2D eigenvalue weighted by atomic mass is 10.4. The van der Waals surface area contributed by atoms with Crippen molar-refractivity contribution >= 4 is 29.1 Å². The van der Waals surface area contributed by atoms with Crippen LogP contribution in [0.15, 0.2) is 23.4 Å². The Bertz CT molecular complexity index is 356. The Morgan fingerprint density at radius 3 is 3.07 bits per heavy atom. The van der Waals surface area contributed by atoms with E-state index >= 15 is 0 Å². The molecule has 1 heterocycles. The molecule has 1 aliphatic rings. The minimum atomic E-state index is 0.356. The van der Waals surface area contributed by atoms with Crippen LogP contribution in [0.1, 0.15) is 19.3 Å². The van der Waals surface area contributed by atoms with Crippen LogP contribution in [0.4, 0.5) is 0 Å². The van der Waals surface area contributed by atoms with Gasteiger partial charge in [-0.25, -0.2) is 4.98 Å². The zero-order valence-corrected chi connectivity index (χ0v) is 9.14. The van der Waals surface area contributed by atoms with Crippen LogP contribution in [-0.4, -0.2) is 16.0 Å². The lowest BCUT2D eigenvalue weighted by Gasteiger charge is -2.07. The molecule has 0 saturated heterocycles.